The molecule has 0 radical (unpaired) electrons. The summed E-state index contributed by atoms with van der Waals surface area (Å²) in [5.41, 5.74) is 0. The molecule has 5 nitrogen and oxygen atoms in total. The van der Waals surface area contributed by atoms with E-state index in [4.69, 9.17) is 18.9 Å². The van der Waals surface area contributed by atoms with Gasteiger partial charge in [-0.25, -0.2) is 0 Å². The highest BCUT2D eigenvalue weighted by Crippen LogP contribution is 2.07. The first-order valence-corrected chi connectivity index (χ1v) is 10.1. The Labute approximate surface area is 154 Å². The Bertz CT molecular complexity index is 283. The Hall–Kier alpha value is -0.650. The number of rotatable bonds is 19. The number of hydrogen-bond donors (Lipinski definition) is 0. The quantitative estimate of drug-likeness (QED) is 0.250. The van der Waals surface area contributed by atoms with Gasteiger partial charge in [0.2, 0.25) is 0 Å². The lowest BCUT2D eigenvalue weighted by Crippen LogP contribution is -2.15. The van der Waals surface area contributed by atoms with Crippen LogP contribution in [-0.2, 0) is 23.7 Å². The molecule has 0 heterocycles. The molecule has 0 aliphatic rings. The first-order valence-electron chi connectivity index (χ1n) is 10.1. The van der Waals surface area contributed by atoms with Gasteiger partial charge in [-0.05, 0) is 32.6 Å². The average molecular weight is 361 g/mol. The van der Waals surface area contributed by atoms with Crippen molar-refractivity contribution in [2.24, 2.45) is 0 Å². The molecule has 0 spiro atoms. The standard InChI is InChI=1S/C20H40O5/c1-4-6-8-11-19(3)25-20(21)12-10-14-23-16-18-24-17-15-22-13-9-7-5-2/h19H,4-18H2,1-3H3. The second kappa shape index (κ2) is 19.7. The van der Waals surface area contributed by atoms with Gasteiger partial charge >= 0.3 is 5.97 Å². The second-order valence-corrected chi connectivity index (χ2v) is 6.44. The molecule has 1 atom stereocenters. The van der Waals surface area contributed by atoms with Gasteiger partial charge < -0.3 is 18.9 Å². The number of ether oxygens (including phenoxy) is 4. The molecule has 0 fully saturated rings. The van der Waals surface area contributed by atoms with E-state index in [0.29, 0.717) is 45.9 Å². The van der Waals surface area contributed by atoms with Crippen LogP contribution in [0.3, 0.4) is 0 Å². The first-order chi connectivity index (χ1) is 12.2. The fourth-order valence-electron chi connectivity index (χ4n) is 2.34. The Morgan fingerprint density at radius 2 is 1.24 bits per heavy atom. The van der Waals surface area contributed by atoms with Gasteiger partial charge in [-0.1, -0.05) is 39.5 Å². The van der Waals surface area contributed by atoms with Gasteiger partial charge in [-0.3, -0.25) is 4.79 Å². The van der Waals surface area contributed by atoms with Crippen LogP contribution in [0, 0.1) is 0 Å². The Morgan fingerprint density at radius 1 is 0.720 bits per heavy atom. The average Bonchev–Trinajstić information content (AvgIpc) is 2.59. The van der Waals surface area contributed by atoms with Gasteiger partial charge in [0.25, 0.3) is 0 Å². The summed E-state index contributed by atoms with van der Waals surface area (Å²) in [6.07, 6.45) is 9.17. The van der Waals surface area contributed by atoms with E-state index in [0.717, 1.165) is 25.9 Å². The Kier molecular flexibility index (Phi) is 19.2. The Balaban J connectivity index is 3.23. The highest BCUT2D eigenvalue weighted by molar-refractivity contribution is 5.69. The number of esters is 1. The largest absolute Gasteiger partial charge is 0.463 e. The first kappa shape index (κ1) is 24.4. The normalized spacial score (nSPS) is 12.3. The van der Waals surface area contributed by atoms with Crippen LogP contribution >= 0.6 is 0 Å². The van der Waals surface area contributed by atoms with Crippen LogP contribution in [-0.4, -0.2) is 51.7 Å². The molecule has 25 heavy (non-hydrogen) atoms. The number of hydrogen-bond acceptors (Lipinski definition) is 5. The van der Waals surface area contributed by atoms with E-state index >= 15 is 0 Å². The van der Waals surface area contributed by atoms with Gasteiger partial charge in [0.1, 0.15) is 0 Å². The summed E-state index contributed by atoms with van der Waals surface area (Å²) < 4.78 is 21.7. The van der Waals surface area contributed by atoms with E-state index in [9.17, 15) is 4.79 Å². The van der Waals surface area contributed by atoms with Crippen LogP contribution < -0.4 is 0 Å². The predicted molar refractivity (Wildman–Crippen MR) is 101 cm³/mol. The van der Waals surface area contributed by atoms with Crippen LogP contribution in [0.25, 0.3) is 0 Å². The summed E-state index contributed by atoms with van der Waals surface area (Å²) >= 11 is 0. The van der Waals surface area contributed by atoms with Gasteiger partial charge in [-0.15, -0.1) is 0 Å². The van der Waals surface area contributed by atoms with Crippen molar-refractivity contribution in [3.05, 3.63) is 0 Å². The van der Waals surface area contributed by atoms with Crippen molar-refractivity contribution in [2.75, 3.05) is 39.6 Å². The van der Waals surface area contributed by atoms with Crippen molar-refractivity contribution in [3.8, 4) is 0 Å². The van der Waals surface area contributed by atoms with Crippen molar-refractivity contribution >= 4 is 5.97 Å². The third-order valence-electron chi connectivity index (χ3n) is 3.85. The van der Waals surface area contributed by atoms with E-state index in [-0.39, 0.29) is 12.1 Å². The summed E-state index contributed by atoms with van der Waals surface area (Å²) in [6.45, 7) is 10.1. The fourth-order valence-corrected chi connectivity index (χ4v) is 2.34. The lowest BCUT2D eigenvalue weighted by atomic mass is 10.1. The lowest BCUT2D eigenvalue weighted by molar-refractivity contribution is -0.149. The molecule has 0 rings (SSSR count). The second-order valence-electron chi connectivity index (χ2n) is 6.44. The molecule has 0 aliphatic heterocycles. The highest BCUT2D eigenvalue weighted by Gasteiger charge is 2.08. The molecule has 0 aromatic rings. The molecule has 0 aromatic heterocycles. The van der Waals surface area contributed by atoms with Crippen molar-refractivity contribution < 1.29 is 23.7 Å². The monoisotopic (exact) mass is 360 g/mol. The zero-order chi connectivity index (χ0) is 18.6. The van der Waals surface area contributed by atoms with E-state index in [2.05, 4.69) is 13.8 Å². The zero-order valence-electron chi connectivity index (χ0n) is 16.7. The minimum absolute atomic E-state index is 0.0255. The van der Waals surface area contributed by atoms with Crippen LogP contribution in [0.1, 0.15) is 78.6 Å². The molecule has 0 aromatic carbocycles. The summed E-state index contributed by atoms with van der Waals surface area (Å²) in [6, 6.07) is 0. The SMILES string of the molecule is CCCCCOCCOCCOCCCC(=O)OC(C)CCCCC. The van der Waals surface area contributed by atoms with Crippen LogP contribution in [0.2, 0.25) is 0 Å². The van der Waals surface area contributed by atoms with Crippen LogP contribution in [0.15, 0.2) is 0 Å². The van der Waals surface area contributed by atoms with Gasteiger partial charge in [0.05, 0.1) is 32.5 Å². The molecule has 0 amide bonds. The van der Waals surface area contributed by atoms with E-state index in [1.54, 1.807) is 0 Å². The molecule has 150 valence electrons. The maximum Gasteiger partial charge on any atom is 0.306 e. The zero-order valence-corrected chi connectivity index (χ0v) is 16.7. The maximum absolute atomic E-state index is 11.7. The van der Waals surface area contributed by atoms with E-state index in [1.807, 2.05) is 6.92 Å². The molecule has 0 saturated heterocycles. The van der Waals surface area contributed by atoms with E-state index < -0.39 is 0 Å². The minimum Gasteiger partial charge on any atom is -0.463 e. The molecular weight excluding hydrogens is 320 g/mol. The Morgan fingerprint density at radius 3 is 1.84 bits per heavy atom. The highest BCUT2D eigenvalue weighted by atomic mass is 16.5. The van der Waals surface area contributed by atoms with Crippen molar-refractivity contribution in [2.45, 2.75) is 84.7 Å². The summed E-state index contributed by atoms with van der Waals surface area (Å²) in [4.78, 5) is 11.7. The molecular formula is C20H40O5. The van der Waals surface area contributed by atoms with Crippen LogP contribution in [0.4, 0.5) is 0 Å². The number of carbonyl (C=O) groups excluding carboxylic acids is 1. The summed E-state index contributed by atoms with van der Waals surface area (Å²) in [7, 11) is 0. The van der Waals surface area contributed by atoms with Crippen molar-refractivity contribution in [1.29, 1.82) is 0 Å². The third-order valence-corrected chi connectivity index (χ3v) is 3.85. The molecule has 0 N–H and O–H groups in total. The minimum atomic E-state index is -0.121. The van der Waals surface area contributed by atoms with Crippen molar-refractivity contribution in [1.82, 2.24) is 0 Å². The third kappa shape index (κ3) is 19.5. The fraction of sp³-hybridized carbons (Fsp3) is 0.950. The van der Waals surface area contributed by atoms with Gasteiger partial charge in [0.15, 0.2) is 0 Å². The lowest BCUT2D eigenvalue weighted by Gasteiger charge is -2.13. The maximum atomic E-state index is 11.7. The molecule has 1 unspecified atom stereocenters. The van der Waals surface area contributed by atoms with E-state index in [1.165, 1.54) is 25.7 Å². The number of carbonyl (C=O) groups is 1. The summed E-state index contributed by atoms with van der Waals surface area (Å²) in [5.74, 6) is -0.121. The smallest absolute Gasteiger partial charge is 0.306 e. The summed E-state index contributed by atoms with van der Waals surface area (Å²) in [5, 5.41) is 0. The van der Waals surface area contributed by atoms with Gasteiger partial charge in [-0.2, -0.15) is 0 Å². The number of unbranched alkanes of at least 4 members (excludes halogenated alkanes) is 4. The molecule has 0 aliphatic carbocycles. The topological polar surface area (TPSA) is 54.0 Å². The molecule has 0 saturated carbocycles. The van der Waals surface area contributed by atoms with Crippen LogP contribution in [0.5, 0.6) is 0 Å². The molecule has 0 bridgehead atoms. The van der Waals surface area contributed by atoms with Crippen molar-refractivity contribution in [3.63, 3.8) is 0 Å². The predicted octanol–water partition coefficient (Wildman–Crippen LogP) is 4.52. The van der Waals surface area contributed by atoms with Gasteiger partial charge in [0, 0.05) is 19.6 Å². The molecule has 5 heteroatoms.